The van der Waals surface area contributed by atoms with E-state index >= 15 is 0 Å². The summed E-state index contributed by atoms with van der Waals surface area (Å²) in [5.74, 6) is -0.258. The molecule has 2 aromatic carbocycles. The number of aryl methyl sites for hydroxylation is 1. The first-order valence-electron chi connectivity index (χ1n) is 11.7. The highest BCUT2D eigenvalue weighted by Gasteiger charge is 2.17. The topological polar surface area (TPSA) is 151 Å². The van der Waals surface area contributed by atoms with Gasteiger partial charge in [0.1, 0.15) is 22.7 Å². The van der Waals surface area contributed by atoms with Crippen molar-refractivity contribution in [3.63, 3.8) is 0 Å². The summed E-state index contributed by atoms with van der Waals surface area (Å²) in [7, 11) is 0. The lowest BCUT2D eigenvalue weighted by Gasteiger charge is -2.14. The van der Waals surface area contributed by atoms with Gasteiger partial charge >= 0.3 is 0 Å². The van der Waals surface area contributed by atoms with Crippen LogP contribution in [0.2, 0.25) is 0 Å². The van der Waals surface area contributed by atoms with E-state index < -0.39 is 11.8 Å². The van der Waals surface area contributed by atoms with Gasteiger partial charge in [-0.25, -0.2) is 20.1 Å². The molecule has 11 nitrogen and oxygen atoms in total. The van der Waals surface area contributed by atoms with Gasteiger partial charge in [0.25, 0.3) is 11.8 Å². The monoisotopic (exact) mass is 525 g/mol. The third kappa shape index (κ3) is 5.60. The lowest BCUT2D eigenvalue weighted by molar-refractivity contribution is 0.0934. The van der Waals surface area contributed by atoms with Crippen molar-refractivity contribution in [2.24, 2.45) is 0 Å². The molecule has 12 heteroatoms. The molecule has 0 saturated heterocycles. The first kappa shape index (κ1) is 24.8. The summed E-state index contributed by atoms with van der Waals surface area (Å²) < 4.78 is 0. The van der Waals surface area contributed by atoms with E-state index in [-0.39, 0.29) is 17.4 Å². The highest BCUT2D eigenvalue weighted by atomic mass is 32.1. The van der Waals surface area contributed by atoms with Gasteiger partial charge in [0.15, 0.2) is 5.82 Å². The molecule has 1 atom stereocenters. The van der Waals surface area contributed by atoms with Gasteiger partial charge < -0.3 is 10.6 Å². The van der Waals surface area contributed by atoms with E-state index in [1.807, 2.05) is 68.4 Å². The number of carbonyl (C=O) groups is 2. The van der Waals surface area contributed by atoms with Gasteiger partial charge in [0.2, 0.25) is 0 Å². The zero-order valence-corrected chi connectivity index (χ0v) is 21.4. The minimum absolute atomic E-state index is 0.0988. The molecule has 190 valence electrons. The van der Waals surface area contributed by atoms with Crippen molar-refractivity contribution in [2.75, 3.05) is 0 Å². The SMILES string of the molecule is Cc1nc(-c2ccccc2)sc1CNC(=O)c1cc(C(=O)N[C@@H](C)c2ccc(-c3nnn[nH]3)cc2)ncn1. The number of nitrogens with one attached hydrogen (secondary N) is 3. The van der Waals surface area contributed by atoms with Crippen molar-refractivity contribution < 1.29 is 9.59 Å². The summed E-state index contributed by atoms with van der Waals surface area (Å²) >= 11 is 1.53. The predicted octanol–water partition coefficient (Wildman–Crippen LogP) is 3.51. The van der Waals surface area contributed by atoms with Crippen LogP contribution in [-0.2, 0) is 6.54 Å². The number of hydrogen-bond donors (Lipinski definition) is 3. The zero-order valence-electron chi connectivity index (χ0n) is 20.5. The molecule has 0 aliphatic carbocycles. The molecular formula is C26H23N9O2S. The van der Waals surface area contributed by atoms with E-state index in [2.05, 4.69) is 46.2 Å². The Kier molecular flexibility index (Phi) is 7.22. The normalized spacial score (nSPS) is 11.6. The van der Waals surface area contributed by atoms with Crippen molar-refractivity contribution in [3.05, 3.63) is 94.5 Å². The average molecular weight is 526 g/mol. The van der Waals surface area contributed by atoms with Crippen LogP contribution in [0, 0.1) is 6.92 Å². The summed E-state index contributed by atoms with van der Waals surface area (Å²) in [5.41, 5.74) is 3.80. The van der Waals surface area contributed by atoms with Gasteiger partial charge in [-0.05, 0) is 29.8 Å². The third-order valence-corrected chi connectivity index (χ3v) is 7.04. The number of benzene rings is 2. The molecule has 38 heavy (non-hydrogen) atoms. The summed E-state index contributed by atoms with van der Waals surface area (Å²) in [6, 6.07) is 18.5. The molecule has 3 aromatic heterocycles. The lowest BCUT2D eigenvalue weighted by atomic mass is 10.1. The Morgan fingerprint density at radius 3 is 2.42 bits per heavy atom. The molecule has 0 fully saturated rings. The van der Waals surface area contributed by atoms with Crippen molar-refractivity contribution in [1.29, 1.82) is 0 Å². The maximum atomic E-state index is 12.8. The summed E-state index contributed by atoms with van der Waals surface area (Å²) in [5, 5.41) is 20.4. The van der Waals surface area contributed by atoms with Crippen molar-refractivity contribution in [3.8, 4) is 22.0 Å². The van der Waals surface area contributed by atoms with E-state index in [1.54, 1.807) is 0 Å². The van der Waals surface area contributed by atoms with E-state index in [0.29, 0.717) is 12.4 Å². The van der Waals surface area contributed by atoms with Crippen LogP contribution in [0.4, 0.5) is 0 Å². The summed E-state index contributed by atoms with van der Waals surface area (Å²) in [6.07, 6.45) is 1.21. The van der Waals surface area contributed by atoms with Crippen LogP contribution in [0.25, 0.3) is 22.0 Å². The minimum atomic E-state index is -0.414. The predicted molar refractivity (Wildman–Crippen MR) is 141 cm³/mol. The minimum Gasteiger partial charge on any atom is -0.346 e. The number of thiazole rings is 1. The smallest absolute Gasteiger partial charge is 0.270 e. The second-order valence-corrected chi connectivity index (χ2v) is 9.52. The molecule has 5 rings (SSSR count). The molecule has 0 unspecified atom stereocenters. The van der Waals surface area contributed by atoms with Crippen LogP contribution in [0.1, 0.15) is 50.1 Å². The average Bonchev–Trinajstić information content (AvgIpc) is 3.62. The molecule has 3 N–H and O–H groups in total. The Labute approximate surface area is 221 Å². The standard InChI is InChI=1S/C26H23N9O2S/c1-15(17-8-10-18(11-9-17)23-32-34-35-33-23)30-25(37)21-12-20(28-14-29-21)24(36)27-13-22-16(2)31-26(38-22)19-6-4-3-5-7-19/h3-12,14-15H,13H2,1-2H3,(H,27,36)(H,30,37)(H,32,33,34,35)/t15-/m0/s1. The van der Waals surface area contributed by atoms with E-state index in [9.17, 15) is 9.59 Å². The number of hydrogen-bond acceptors (Lipinski definition) is 9. The fraction of sp³-hybridized carbons (Fsp3) is 0.154. The quantitative estimate of drug-likeness (QED) is 0.278. The van der Waals surface area contributed by atoms with E-state index in [0.717, 1.165) is 32.3 Å². The number of rotatable bonds is 8. The van der Waals surface area contributed by atoms with Crippen molar-refractivity contribution in [1.82, 2.24) is 46.2 Å². The van der Waals surface area contributed by atoms with Crippen LogP contribution in [0.5, 0.6) is 0 Å². The van der Waals surface area contributed by atoms with E-state index in [1.165, 1.54) is 23.7 Å². The van der Waals surface area contributed by atoms with Crippen LogP contribution < -0.4 is 10.6 Å². The number of carbonyl (C=O) groups excluding carboxylic acids is 2. The number of nitrogens with zero attached hydrogens (tertiary/aromatic N) is 6. The van der Waals surface area contributed by atoms with Gasteiger partial charge in [0, 0.05) is 22.1 Å². The molecule has 0 saturated carbocycles. The van der Waals surface area contributed by atoms with Gasteiger partial charge in [-0.1, -0.05) is 54.6 Å². The first-order chi connectivity index (χ1) is 18.5. The number of aromatic nitrogens is 7. The van der Waals surface area contributed by atoms with Gasteiger partial charge in [-0.3, -0.25) is 9.59 Å². The third-order valence-electron chi connectivity index (χ3n) is 5.83. The molecular weight excluding hydrogens is 502 g/mol. The Balaban J connectivity index is 1.20. The maximum Gasteiger partial charge on any atom is 0.270 e. The molecule has 0 aliphatic heterocycles. The number of H-pyrrole nitrogens is 1. The molecule has 0 bridgehead atoms. The van der Waals surface area contributed by atoms with E-state index in [4.69, 9.17) is 0 Å². The Bertz CT molecular complexity index is 1550. The zero-order chi connectivity index (χ0) is 26.5. The van der Waals surface area contributed by atoms with Crippen LogP contribution in [-0.4, -0.2) is 47.4 Å². The molecule has 2 amide bonds. The van der Waals surface area contributed by atoms with Crippen molar-refractivity contribution >= 4 is 23.2 Å². The van der Waals surface area contributed by atoms with Crippen LogP contribution in [0.15, 0.2) is 67.0 Å². The fourth-order valence-corrected chi connectivity index (χ4v) is 4.73. The first-order valence-corrected chi connectivity index (χ1v) is 12.6. The largest absolute Gasteiger partial charge is 0.346 e. The Morgan fingerprint density at radius 2 is 1.71 bits per heavy atom. The van der Waals surface area contributed by atoms with Gasteiger partial charge in [0.05, 0.1) is 18.3 Å². The second-order valence-electron chi connectivity index (χ2n) is 8.43. The fourth-order valence-electron chi connectivity index (χ4n) is 3.72. The highest BCUT2D eigenvalue weighted by Crippen LogP contribution is 2.27. The summed E-state index contributed by atoms with van der Waals surface area (Å²) in [4.78, 5) is 39.3. The van der Waals surface area contributed by atoms with Gasteiger partial charge in [-0.15, -0.1) is 16.4 Å². The molecule has 3 heterocycles. The Hall–Kier alpha value is -4.84. The number of aromatic amines is 1. The summed E-state index contributed by atoms with van der Waals surface area (Å²) in [6.45, 7) is 4.08. The number of tetrazole rings is 1. The molecule has 0 spiro atoms. The molecule has 5 aromatic rings. The van der Waals surface area contributed by atoms with Crippen molar-refractivity contribution in [2.45, 2.75) is 26.4 Å². The van der Waals surface area contributed by atoms with Gasteiger partial charge in [-0.2, -0.15) is 0 Å². The number of amides is 2. The second kappa shape index (κ2) is 11.0. The van der Waals surface area contributed by atoms with Crippen LogP contribution >= 0.6 is 11.3 Å². The molecule has 0 radical (unpaired) electrons. The van der Waals surface area contributed by atoms with Crippen LogP contribution in [0.3, 0.4) is 0 Å². The molecule has 0 aliphatic rings. The maximum absolute atomic E-state index is 12.8. The lowest BCUT2D eigenvalue weighted by Crippen LogP contribution is -2.29. The highest BCUT2D eigenvalue weighted by molar-refractivity contribution is 7.15. The Morgan fingerprint density at radius 1 is 0.974 bits per heavy atom.